The SMILES string of the molecule is C=CCOC(=O)[C@@H]1[C@H](C(=O)O)[C@@H]2CCCN2[C@@]12C(=O)Nc1c(Cl)cc(Cl)cc12. The van der Waals surface area contributed by atoms with Gasteiger partial charge in [0, 0.05) is 16.6 Å². The van der Waals surface area contributed by atoms with Crippen LogP contribution in [-0.4, -0.2) is 47.0 Å². The monoisotopic (exact) mass is 424 g/mol. The molecule has 0 aromatic heterocycles. The number of rotatable bonds is 4. The summed E-state index contributed by atoms with van der Waals surface area (Å²) in [5, 5.41) is 13.2. The Labute approximate surface area is 171 Å². The van der Waals surface area contributed by atoms with E-state index in [2.05, 4.69) is 11.9 Å². The number of carboxylic acid groups (broad SMARTS) is 1. The minimum Gasteiger partial charge on any atom is -0.481 e. The number of fused-ring (bicyclic) bond motifs is 4. The standard InChI is InChI=1S/C19H18Cl2N2O5/c1-2-6-28-17(26)14-13(16(24)25)12-4-3-5-23(12)19(14)10-7-9(20)8-11(21)15(10)22-18(19)27/h2,7-8,12-14H,1,3-6H2,(H,22,27)(H,24,25)/t12-,13+,14-,19+/m0/s1. The van der Waals surface area contributed by atoms with E-state index < -0.39 is 41.3 Å². The minimum atomic E-state index is -1.52. The van der Waals surface area contributed by atoms with Gasteiger partial charge >= 0.3 is 11.9 Å². The van der Waals surface area contributed by atoms with Crippen molar-refractivity contribution >= 4 is 46.7 Å². The summed E-state index contributed by atoms with van der Waals surface area (Å²) in [7, 11) is 0. The molecule has 3 aliphatic heterocycles. The first-order chi connectivity index (χ1) is 13.3. The first kappa shape index (κ1) is 19.2. The zero-order valence-electron chi connectivity index (χ0n) is 14.8. The number of benzene rings is 1. The van der Waals surface area contributed by atoms with Crippen LogP contribution in [0.5, 0.6) is 0 Å². The van der Waals surface area contributed by atoms with E-state index in [1.807, 2.05) is 4.90 Å². The van der Waals surface area contributed by atoms with Gasteiger partial charge in [0.2, 0.25) is 0 Å². The van der Waals surface area contributed by atoms with Crippen LogP contribution in [-0.2, 0) is 24.7 Å². The zero-order chi connectivity index (χ0) is 20.2. The molecule has 0 aliphatic carbocycles. The fourth-order valence-electron chi connectivity index (χ4n) is 5.05. The van der Waals surface area contributed by atoms with Gasteiger partial charge in [-0.05, 0) is 31.5 Å². The van der Waals surface area contributed by atoms with E-state index in [9.17, 15) is 19.5 Å². The molecule has 9 heteroatoms. The highest BCUT2D eigenvalue weighted by Crippen LogP contribution is 2.59. The van der Waals surface area contributed by atoms with Gasteiger partial charge in [0.25, 0.3) is 5.91 Å². The maximum atomic E-state index is 13.3. The average Bonchev–Trinajstić information content (AvgIpc) is 3.27. The number of carboxylic acids is 1. The molecule has 3 aliphatic rings. The van der Waals surface area contributed by atoms with E-state index in [1.165, 1.54) is 12.1 Å². The molecule has 2 N–H and O–H groups in total. The second-order valence-electron chi connectivity index (χ2n) is 7.19. The Bertz CT molecular complexity index is 905. The van der Waals surface area contributed by atoms with Crippen LogP contribution in [0.25, 0.3) is 0 Å². The maximum absolute atomic E-state index is 13.3. The highest BCUT2D eigenvalue weighted by atomic mass is 35.5. The van der Waals surface area contributed by atoms with E-state index in [-0.39, 0.29) is 11.6 Å². The van der Waals surface area contributed by atoms with Crippen molar-refractivity contribution < 1.29 is 24.2 Å². The molecule has 0 radical (unpaired) electrons. The molecule has 4 atom stereocenters. The predicted molar refractivity (Wildman–Crippen MR) is 102 cm³/mol. The fraction of sp³-hybridized carbons (Fsp3) is 0.421. The lowest BCUT2D eigenvalue weighted by molar-refractivity contribution is -0.160. The van der Waals surface area contributed by atoms with Gasteiger partial charge in [-0.1, -0.05) is 35.9 Å². The molecule has 1 amide bonds. The summed E-state index contributed by atoms with van der Waals surface area (Å²) in [4.78, 5) is 40.4. The van der Waals surface area contributed by atoms with Gasteiger partial charge in [-0.3, -0.25) is 19.3 Å². The Hall–Kier alpha value is -2.09. The summed E-state index contributed by atoms with van der Waals surface area (Å²) >= 11 is 12.5. The second kappa shape index (κ2) is 6.76. The normalized spacial score (nSPS) is 30.8. The number of carbonyl (C=O) groups is 3. The third-order valence-corrected chi connectivity index (χ3v) is 6.43. The van der Waals surface area contributed by atoms with Crippen LogP contribution < -0.4 is 5.32 Å². The number of hydrogen-bond donors (Lipinski definition) is 2. The molecule has 3 heterocycles. The summed E-state index contributed by atoms with van der Waals surface area (Å²) in [6.45, 7) is 3.92. The number of anilines is 1. The lowest BCUT2D eigenvalue weighted by Gasteiger charge is -2.36. The van der Waals surface area contributed by atoms with Crippen LogP contribution in [0.4, 0.5) is 5.69 Å². The first-order valence-electron chi connectivity index (χ1n) is 8.92. The van der Waals surface area contributed by atoms with Gasteiger partial charge in [0.1, 0.15) is 18.1 Å². The number of hydrogen-bond acceptors (Lipinski definition) is 5. The van der Waals surface area contributed by atoms with Crippen LogP contribution in [0.1, 0.15) is 18.4 Å². The lowest BCUT2D eigenvalue weighted by Crippen LogP contribution is -2.53. The Morgan fingerprint density at radius 3 is 2.86 bits per heavy atom. The van der Waals surface area contributed by atoms with Crippen molar-refractivity contribution in [1.29, 1.82) is 0 Å². The van der Waals surface area contributed by atoms with Crippen molar-refractivity contribution in [2.75, 3.05) is 18.5 Å². The van der Waals surface area contributed by atoms with Crippen LogP contribution in [0, 0.1) is 11.8 Å². The number of amides is 1. The molecule has 1 aromatic rings. The number of esters is 1. The third kappa shape index (κ3) is 2.43. The molecule has 1 spiro atoms. The Balaban J connectivity index is 1.97. The highest BCUT2D eigenvalue weighted by molar-refractivity contribution is 6.38. The molecule has 7 nitrogen and oxygen atoms in total. The zero-order valence-corrected chi connectivity index (χ0v) is 16.3. The predicted octanol–water partition coefficient (Wildman–Crippen LogP) is 2.67. The summed E-state index contributed by atoms with van der Waals surface area (Å²) < 4.78 is 5.24. The van der Waals surface area contributed by atoms with Gasteiger partial charge in [-0.15, -0.1) is 0 Å². The van der Waals surface area contributed by atoms with E-state index in [4.69, 9.17) is 27.9 Å². The Morgan fingerprint density at radius 1 is 1.43 bits per heavy atom. The molecule has 2 fully saturated rings. The number of aliphatic carboxylic acids is 1. The van der Waals surface area contributed by atoms with Crippen LogP contribution in [0.2, 0.25) is 10.0 Å². The van der Waals surface area contributed by atoms with Crippen molar-refractivity contribution in [3.63, 3.8) is 0 Å². The second-order valence-corrected chi connectivity index (χ2v) is 8.04. The molecule has 0 saturated carbocycles. The molecule has 0 bridgehead atoms. The van der Waals surface area contributed by atoms with Crippen LogP contribution in [0.15, 0.2) is 24.8 Å². The number of ether oxygens (including phenoxy) is 1. The molecule has 4 rings (SSSR count). The number of nitrogens with one attached hydrogen (secondary N) is 1. The third-order valence-electron chi connectivity index (χ3n) is 5.91. The van der Waals surface area contributed by atoms with Crippen molar-refractivity contribution in [3.05, 3.63) is 40.4 Å². The van der Waals surface area contributed by atoms with Gasteiger partial charge < -0.3 is 15.2 Å². The van der Waals surface area contributed by atoms with Crippen LogP contribution in [0.3, 0.4) is 0 Å². The molecule has 2 saturated heterocycles. The minimum absolute atomic E-state index is 0.0762. The molecule has 0 unspecified atom stereocenters. The van der Waals surface area contributed by atoms with Gasteiger partial charge in [0.15, 0.2) is 0 Å². The van der Waals surface area contributed by atoms with Gasteiger partial charge in [-0.2, -0.15) is 0 Å². The summed E-state index contributed by atoms with van der Waals surface area (Å²) in [5.74, 6) is -4.69. The van der Waals surface area contributed by atoms with Gasteiger partial charge in [0.05, 0.1) is 16.6 Å². The summed E-state index contributed by atoms with van der Waals surface area (Å²) in [6.07, 6.45) is 2.69. The van der Waals surface area contributed by atoms with E-state index in [1.54, 1.807) is 6.07 Å². The first-order valence-corrected chi connectivity index (χ1v) is 9.67. The smallest absolute Gasteiger partial charge is 0.313 e. The number of nitrogens with zero attached hydrogens (tertiary/aromatic N) is 1. The van der Waals surface area contributed by atoms with Crippen molar-refractivity contribution in [2.45, 2.75) is 24.4 Å². The Kier molecular flexibility index (Phi) is 4.64. The summed E-state index contributed by atoms with van der Waals surface area (Å²) in [6, 6.07) is 2.61. The molecular formula is C19H18Cl2N2O5. The number of halogens is 2. The maximum Gasteiger partial charge on any atom is 0.313 e. The topological polar surface area (TPSA) is 95.9 Å². The van der Waals surface area contributed by atoms with Crippen molar-refractivity contribution in [2.24, 2.45) is 11.8 Å². The fourth-order valence-corrected chi connectivity index (χ4v) is 5.59. The number of carbonyl (C=O) groups excluding carboxylic acids is 2. The quantitative estimate of drug-likeness (QED) is 0.569. The molecule has 1 aromatic carbocycles. The van der Waals surface area contributed by atoms with Crippen molar-refractivity contribution in [1.82, 2.24) is 4.90 Å². The molecular weight excluding hydrogens is 407 g/mol. The highest BCUT2D eigenvalue weighted by Gasteiger charge is 2.71. The Morgan fingerprint density at radius 2 is 2.18 bits per heavy atom. The van der Waals surface area contributed by atoms with Crippen molar-refractivity contribution in [3.8, 4) is 0 Å². The molecule has 28 heavy (non-hydrogen) atoms. The average molecular weight is 425 g/mol. The lowest BCUT2D eigenvalue weighted by atomic mass is 9.74. The molecule has 148 valence electrons. The van der Waals surface area contributed by atoms with Crippen LogP contribution >= 0.6 is 23.2 Å². The summed E-state index contributed by atoms with van der Waals surface area (Å²) in [5.41, 5.74) is -0.743. The van der Waals surface area contributed by atoms with Gasteiger partial charge in [-0.25, -0.2) is 0 Å². The van der Waals surface area contributed by atoms with E-state index in [0.29, 0.717) is 29.2 Å². The largest absolute Gasteiger partial charge is 0.481 e. The van der Waals surface area contributed by atoms with E-state index >= 15 is 0 Å². The van der Waals surface area contributed by atoms with E-state index in [0.717, 1.165) is 6.42 Å².